The monoisotopic (exact) mass is 433 g/mol. The summed E-state index contributed by atoms with van der Waals surface area (Å²) in [6, 6.07) is 15.3. The molecule has 0 N–H and O–H groups in total. The van der Waals surface area contributed by atoms with Gasteiger partial charge in [0.2, 0.25) is 0 Å². The van der Waals surface area contributed by atoms with E-state index in [0.717, 1.165) is 5.82 Å². The lowest BCUT2D eigenvalue weighted by Crippen LogP contribution is -2.49. The highest BCUT2D eigenvalue weighted by atomic mass is 16.5. The van der Waals surface area contributed by atoms with Crippen LogP contribution >= 0.6 is 0 Å². The number of esters is 1. The zero-order valence-electron chi connectivity index (χ0n) is 17.7. The molecule has 1 fully saturated rings. The normalized spacial score (nSPS) is 13.7. The van der Waals surface area contributed by atoms with E-state index >= 15 is 0 Å². The number of amides is 1. The Labute approximate surface area is 184 Å². The van der Waals surface area contributed by atoms with Crippen LogP contribution in [0.25, 0.3) is 5.69 Å². The fourth-order valence-corrected chi connectivity index (χ4v) is 3.49. The second kappa shape index (κ2) is 9.42. The van der Waals surface area contributed by atoms with Gasteiger partial charge in [-0.2, -0.15) is 9.78 Å². The number of benzene rings is 1. The SMILES string of the molecule is CCOC(=O)c1ccc(N2CCN(C(=O)c3ccc(=O)n(-c4ccccc4)n3)CC2)nc1. The number of carbonyl (C=O) groups is 2. The number of anilines is 1. The van der Waals surface area contributed by atoms with Crippen molar-refractivity contribution in [2.75, 3.05) is 37.7 Å². The Morgan fingerprint density at radius 2 is 1.72 bits per heavy atom. The first kappa shape index (κ1) is 21.2. The molecule has 1 saturated heterocycles. The Kier molecular flexibility index (Phi) is 6.25. The van der Waals surface area contributed by atoms with Crippen molar-refractivity contribution in [3.63, 3.8) is 0 Å². The lowest BCUT2D eigenvalue weighted by atomic mass is 10.2. The van der Waals surface area contributed by atoms with E-state index in [1.54, 1.807) is 36.1 Å². The number of pyridine rings is 1. The van der Waals surface area contributed by atoms with Crippen LogP contribution < -0.4 is 10.5 Å². The van der Waals surface area contributed by atoms with E-state index in [1.165, 1.54) is 23.0 Å². The second-order valence-electron chi connectivity index (χ2n) is 7.21. The summed E-state index contributed by atoms with van der Waals surface area (Å²) in [5, 5.41) is 4.28. The lowest BCUT2D eigenvalue weighted by molar-refractivity contribution is 0.0525. The standard InChI is InChI=1S/C23H23N5O4/c1-2-32-23(31)17-8-10-20(24-16-17)26-12-14-27(15-13-26)22(30)19-9-11-21(29)28(25-19)18-6-4-3-5-7-18/h3-11,16H,2,12-15H2,1H3. The maximum absolute atomic E-state index is 13.0. The zero-order chi connectivity index (χ0) is 22.5. The van der Waals surface area contributed by atoms with Crippen molar-refractivity contribution in [2.45, 2.75) is 6.92 Å². The van der Waals surface area contributed by atoms with Gasteiger partial charge in [-0.3, -0.25) is 9.59 Å². The highest BCUT2D eigenvalue weighted by molar-refractivity contribution is 5.92. The van der Waals surface area contributed by atoms with E-state index in [-0.39, 0.29) is 17.2 Å². The van der Waals surface area contributed by atoms with Crippen LogP contribution in [-0.4, -0.2) is 64.3 Å². The lowest BCUT2D eigenvalue weighted by Gasteiger charge is -2.35. The van der Waals surface area contributed by atoms with Crippen molar-refractivity contribution >= 4 is 17.7 Å². The Morgan fingerprint density at radius 1 is 0.969 bits per heavy atom. The predicted molar refractivity (Wildman–Crippen MR) is 118 cm³/mol. The molecule has 0 aliphatic carbocycles. The third-order valence-corrected chi connectivity index (χ3v) is 5.17. The van der Waals surface area contributed by atoms with Crippen LogP contribution in [0.2, 0.25) is 0 Å². The minimum Gasteiger partial charge on any atom is -0.462 e. The fourth-order valence-electron chi connectivity index (χ4n) is 3.49. The van der Waals surface area contributed by atoms with Crippen LogP contribution in [0.4, 0.5) is 5.82 Å². The van der Waals surface area contributed by atoms with E-state index in [0.29, 0.717) is 44.0 Å². The minimum atomic E-state index is -0.397. The maximum Gasteiger partial charge on any atom is 0.339 e. The summed E-state index contributed by atoms with van der Waals surface area (Å²) >= 11 is 0. The summed E-state index contributed by atoms with van der Waals surface area (Å²) < 4.78 is 6.21. The first-order chi connectivity index (χ1) is 15.6. The van der Waals surface area contributed by atoms with Crippen LogP contribution in [0, 0.1) is 0 Å². The third-order valence-electron chi connectivity index (χ3n) is 5.17. The summed E-state index contributed by atoms with van der Waals surface area (Å²) in [6.07, 6.45) is 1.50. The van der Waals surface area contributed by atoms with E-state index < -0.39 is 5.97 Å². The van der Waals surface area contributed by atoms with E-state index in [2.05, 4.69) is 15.0 Å². The fraction of sp³-hybridized carbons (Fsp3) is 0.261. The molecule has 0 radical (unpaired) electrons. The van der Waals surface area contributed by atoms with Gasteiger partial charge in [0, 0.05) is 38.4 Å². The predicted octanol–water partition coefficient (Wildman–Crippen LogP) is 1.77. The number of hydrogen-bond donors (Lipinski definition) is 0. The number of nitrogens with zero attached hydrogens (tertiary/aromatic N) is 5. The molecule has 1 amide bonds. The minimum absolute atomic E-state index is 0.221. The molecule has 0 saturated carbocycles. The largest absolute Gasteiger partial charge is 0.462 e. The number of rotatable bonds is 5. The van der Waals surface area contributed by atoms with Gasteiger partial charge in [-0.1, -0.05) is 18.2 Å². The summed E-state index contributed by atoms with van der Waals surface area (Å²) in [5.41, 5.74) is 0.937. The first-order valence-electron chi connectivity index (χ1n) is 10.4. The van der Waals surface area contributed by atoms with Crippen LogP contribution in [0.3, 0.4) is 0 Å². The third kappa shape index (κ3) is 4.51. The highest BCUT2D eigenvalue weighted by Gasteiger charge is 2.24. The molecule has 1 aliphatic heterocycles. The van der Waals surface area contributed by atoms with Crippen molar-refractivity contribution in [3.05, 3.63) is 82.4 Å². The molecule has 3 aromatic rings. The quantitative estimate of drug-likeness (QED) is 0.566. The molecule has 32 heavy (non-hydrogen) atoms. The molecular weight excluding hydrogens is 410 g/mol. The highest BCUT2D eigenvalue weighted by Crippen LogP contribution is 2.16. The molecule has 0 atom stereocenters. The molecule has 3 heterocycles. The Balaban J connectivity index is 1.42. The Morgan fingerprint density at radius 3 is 2.38 bits per heavy atom. The number of para-hydroxylation sites is 1. The number of aromatic nitrogens is 3. The van der Waals surface area contributed by atoms with Gasteiger partial charge in [-0.15, -0.1) is 0 Å². The Hall–Kier alpha value is -4.01. The summed E-state index contributed by atoms with van der Waals surface area (Å²) in [5.74, 6) is 0.118. The van der Waals surface area contributed by atoms with Gasteiger partial charge in [0.1, 0.15) is 11.5 Å². The molecule has 1 aromatic carbocycles. The summed E-state index contributed by atoms with van der Waals surface area (Å²) in [6.45, 7) is 4.24. The topological polar surface area (TPSA) is 97.6 Å². The summed E-state index contributed by atoms with van der Waals surface area (Å²) in [7, 11) is 0. The molecule has 1 aliphatic rings. The summed E-state index contributed by atoms with van der Waals surface area (Å²) in [4.78, 5) is 45.1. The van der Waals surface area contributed by atoms with Gasteiger partial charge in [-0.25, -0.2) is 9.78 Å². The smallest absolute Gasteiger partial charge is 0.339 e. The molecule has 2 aromatic heterocycles. The van der Waals surface area contributed by atoms with E-state index in [4.69, 9.17) is 4.74 Å². The van der Waals surface area contributed by atoms with Gasteiger partial charge in [0.05, 0.1) is 17.9 Å². The second-order valence-corrected chi connectivity index (χ2v) is 7.21. The van der Waals surface area contributed by atoms with Crippen LogP contribution in [0.15, 0.2) is 65.6 Å². The molecule has 9 heteroatoms. The molecule has 4 rings (SSSR count). The van der Waals surface area contributed by atoms with Gasteiger partial charge < -0.3 is 14.5 Å². The molecular formula is C23H23N5O4. The molecule has 0 bridgehead atoms. The van der Waals surface area contributed by atoms with Crippen molar-refractivity contribution in [3.8, 4) is 5.69 Å². The average molecular weight is 433 g/mol. The van der Waals surface area contributed by atoms with Gasteiger partial charge >= 0.3 is 5.97 Å². The number of piperazine rings is 1. The van der Waals surface area contributed by atoms with Crippen molar-refractivity contribution in [1.29, 1.82) is 0 Å². The van der Waals surface area contributed by atoms with Crippen molar-refractivity contribution in [1.82, 2.24) is 19.7 Å². The number of ether oxygens (including phenoxy) is 1. The molecule has 164 valence electrons. The number of carbonyl (C=O) groups excluding carboxylic acids is 2. The van der Waals surface area contributed by atoms with Gasteiger partial charge in [0.25, 0.3) is 11.5 Å². The van der Waals surface area contributed by atoms with Crippen LogP contribution in [0.5, 0.6) is 0 Å². The van der Waals surface area contributed by atoms with Crippen molar-refractivity contribution in [2.24, 2.45) is 0 Å². The van der Waals surface area contributed by atoms with E-state index in [1.807, 2.05) is 18.2 Å². The molecule has 0 spiro atoms. The molecule has 9 nitrogen and oxygen atoms in total. The van der Waals surface area contributed by atoms with Gasteiger partial charge in [-0.05, 0) is 37.3 Å². The Bertz CT molecular complexity index is 1150. The number of hydrogen-bond acceptors (Lipinski definition) is 7. The van der Waals surface area contributed by atoms with Crippen molar-refractivity contribution < 1.29 is 14.3 Å². The zero-order valence-corrected chi connectivity index (χ0v) is 17.7. The van der Waals surface area contributed by atoms with E-state index in [9.17, 15) is 14.4 Å². The molecule has 0 unspecified atom stereocenters. The van der Waals surface area contributed by atoms with Crippen LogP contribution in [-0.2, 0) is 4.74 Å². The average Bonchev–Trinajstić information content (AvgIpc) is 2.85. The van der Waals surface area contributed by atoms with Gasteiger partial charge in [0.15, 0.2) is 0 Å². The maximum atomic E-state index is 13.0. The van der Waals surface area contributed by atoms with Crippen LogP contribution in [0.1, 0.15) is 27.8 Å². The first-order valence-corrected chi connectivity index (χ1v) is 10.4.